The minimum Gasteiger partial charge on any atom is -0.282 e. The van der Waals surface area contributed by atoms with Gasteiger partial charge in [0.15, 0.2) is 5.65 Å². The zero-order chi connectivity index (χ0) is 21.8. The number of hydrogen-bond donors (Lipinski definition) is 1. The number of fused-ring (bicyclic) bond motifs is 2. The minimum atomic E-state index is -4.33. The SMILES string of the molecule is CC1(C)CCc2c(-c3cnc4nn(Cc5ccc(C(F)(F)F)cc5)cc4c3)n[nH]c2C1. The Hall–Kier alpha value is -3.16. The van der Waals surface area contributed by atoms with Crippen LogP contribution in [0.1, 0.15) is 42.7 Å². The first-order valence-corrected chi connectivity index (χ1v) is 10.2. The molecule has 5 rings (SSSR count). The molecular weight excluding hydrogens is 403 g/mol. The van der Waals surface area contributed by atoms with Crippen LogP contribution >= 0.6 is 0 Å². The van der Waals surface area contributed by atoms with E-state index in [0.29, 0.717) is 12.2 Å². The van der Waals surface area contributed by atoms with Gasteiger partial charge in [-0.05, 0) is 48.4 Å². The Balaban J connectivity index is 1.41. The smallest absolute Gasteiger partial charge is 0.282 e. The summed E-state index contributed by atoms with van der Waals surface area (Å²) in [6, 6.07) is 7.17. The number of aromatic nitrogens is 5. The van der Waals surface area contributed by atoms with Crippen LogP contribution in [0.4, 0.5) is 13.2 Å². The minimum absolute atomic E-state index is 0.276. The predicted molar refractivity (Wildman–Crippen MR) is 111 cm³/mol. The van der Waals surface area contributed by atoms with Crippen LogP contribution in [-0.4, -0.2) is 25.0 Å². The maximum atomic E-state index is 12.8. The maximum Gasteiger partial charge on any atom is 0.416 e. The maximum absolute atomic E-state index is 12.8. The molecule has 160 valence electrons. The first-order valence-electron chi connectivity index (χ1n) is 10.2. The molecule has 0 fully saturated rings. The highest BCUT2D eigenvalue weighted by molar-refractivity contribution is 5.80. The Morgan fingerprint density at radius 2 is 1.94 bits per heavy atom. The average molecular weight is 425 g/mol. The van der Waals surface area contributed by atoms with Crippen molar-refractivity contribution >= 4 is 11.0 Å². The van der Waals surface area contributed by atoms with E-state index in [2.05, 4.69) is 34.1 Å². The molecule has 0 saturated heterocycles. The van der Waals surface area contributed by atoms with Crippen LogP contribution in [-0.2, 0) is 25.6 Å². The number of alkyl halides is 3. The zero-order valence-corrected chi connectivity index (χ0v) is 17.3. The van der Waals surface area contributed by atoms with E-state index in [9.17, 15) is 13.2 Å². The molecule has 1 aliphatic rings. The van der Waals surface area contributed by atoms with Crippen LogP contribution < -0.4 is 0 Å². The topological polar surface area (TPSA) is 59.4 Å². The van der Waals surface area contributed by atoms with E-state index < -0.39 is 11.7 Å². The number of aromatic amines is 1. The van der Waals surface area contributed by atoms with Crippen molar-refractivity contribution in [1.29, 1.82) is 0 Å². The van der Waals surface area contributed by atoms with Gasteiger partial charge in [-0.1, -0.05) is 26.0 Å². The van der Waals surface area contributed by atoms with Gasteiger partial charge in [0.05, 0.1) is 17.8 Å². The summed E-state index contributed by atoms with van der Waals surface area (Å²) in [6.07, 6.45) is 2.41. The van der Waals surface area contributed by atoms with Gasteiger partial charge < -0.3 is 0 Å². The molecule has 0 radical (unpaired) electrons. The standard InChI is InChI=1S/C23H22F3N5/c1-22(2)8-7-18-19(10-22)28-29-20(18)15-9-16-13-31(30-21(16)27-11-15)12-14-3-5-17(6-4-14)23(24,25)26/h3-6,9,11,13H,7-8,10,12H2,1-2H3,(H,28,29). The lowest BCUT2D eigenvalue weighted by atomic mass is 9.76. The third-order valence-electron chi connectivity index (χ3n) is 5.97. The van der Waals surface area contributed by atoms with Gasteiger partial charge in [0.2, 0.25) is 0 Å². The number of hydrogen-bond acceptors (Lipinski definition) is 3. The Labute approximate surface area is 177 Å². The Bertz CT molecular complexity index is 1250. The second-order valence-electron chi connectivity index (χ2n) is 9.03. The predicted octanol–water partition coefficient (Wildman–Crippen LogP) is 5.40. The highest BCUT2D eigenvalue weighted by Gasteiger charge is 2.30. The van der Waals surface area contributed by atoms with Crippen molar-refractivity contribution in [3.05, 3.63) is 65.1 Å². The number of halogens is 3. The zero-order valence-electron chi connectivity index (χ0n) is 17.3. The largest absolute Gasteiger partial charge is 0.416 e. The summed E-state index contributed by atoms with van der Waals surface area (Å²) < 4.78 is 40.0. The van der Waals surface area contributed by atoms with Crippen molar-refractivity contribution in [1.82, 2.24) is 25.0 Å². The van der Waals surface area contributed by atoms with E-state index in [1.165, 1.54) is 23.4 Å². The highest BCUT2D eigenvalue weighted by Crippen LogP contribution is 2.38. The fourth-order valence-corrected chi connectivity index (χ4v) is 4.25. The van der Waals surface area contributed by atoms with Gasteiger partial charge in [-0.25, -0.2) is 4.98 Å². The van der Waals surface area contributed by atoms with Crippen molar-refractivity contribution in [3.8, 4) is 11.3 Å². The molecule has 0 saturated carbocycles. The van der Waals surface area contributed by atoms with Gasteiger partial charge in [0.1, 0.15) is 0 Å². The molecular formula is C23H22F3N5. The summed E-state index contributed by atoms with van der Waals surface area (Å²) in [7, 11) is 0. The lowest BCUT2D eigenvalue weighted by molar-refractivity contribution is -0.137. The average Bonchev–Trinajstić information content (AvgIpc) is 3.29. The van der Waals surface area contributed by atoms with Gasteiger partial charge in [-0.3, -0.25) is 9.78 Å². The summed E-state index contributed by atoms with van der Waals surface area (Å²) in [5.41, 5.74) is 5.31. The van der Waals surface area contributed by atoms with Crippen LogP contribution in [0, 0.1) is 5.41 Å². The van der Waals surface area contributed by atoms with Crippen molar-refractivity contribution in [2.45, 2.75) is 45.8 Å². The number of H-pyrrole nitrogens is 1. The molecule has 1 aromatic carbocycles. The first kappa shape index (κ1) is 19.8. The van der Waals surface area contributed by atoms with Gasteiger partial charge in [0, 0.05) is 34.6 Å². The molecule has 31 heavy (non-hydrogen) atoms. The van der Waals surface area contributed by atoms with Crippen molar-refractivity contribution < 1.29 is 13.2 Å². The third-order valence-corrected chi connectivity index (χ3v) is 5.97. The van der Waals surface area contributed by atoms with Crippen LogP contribution in [0.3, 0.4) is 0 Å². The second kappa shape index (κ2) is 6.93. The summed E-state index contributed by atoms with van der Waals surface area (Å²) in [5, 5.41) is 13.1. The first-order chi connectivity index (χ1) is 14.7. The second-order valence-corrected chi connectivity index (χ2v) is 9.03. The van der Waals surface area contributed by atoms with Crippen LogP contribution in [0.5, 0.6) is 0 Å². The van der Waals surface area contributed by atoms with Gasteiger partial charge >= 0.3 is 6.18 Å². The van der Waals surface area contributed by atoms with Crippen LogP contribution in [0.2, 0.25) is 0 Å². The van der Waals surface area contributed by atoms with Crippen molar-refractivity contribution in [2.75, 3.05) is 0 Å². The number of pyridine rings is 1. The Kier molecular flexibility index (Phi) is 4.42. The monoisotopic (exact) mass is 425 g/mol. The molecule has 1 aliphatic carbocycles. The van der Waals surface area contributed by atoms with E-state index in [1.807, 2.05) is 12.3 Å². The van der Waals surface area contributed by atoms with Gasteiger partial charge in [-0.2, -0.15) is 23.4 Å². The normalized spacial score (nSPS) is 15.9. The molecule has 3 aromatic heterocycles. The Morgan fingerprint density at radius 3 is 2.68 bits per heavy atom. The van der Waals surface area contributed by atoms with Gasteiger partial charge in [0.25, 0.3) is 0 Å². The summed E-state index contributed by atoms with van der Waals surface area (Å²) in [4.78, 5) is 4.49. The van der Waals surface area contributed by atoms with Crippen molar-refractivity contribution in [2.24, 2.45) is 5.41 Å². The lowest BCUT2D eigenvalue weighted by Crippen LogP contribution is -2.21. The van der Waals surface area contributed by atoms with E-state index in [0.717, 1.165) is 53.6 Å². The quantitative estimate of drug-likeness (QED) is 0.478. The molecule has 5 nitrogen and oxygen atoms in total. The third kappa shape index (κ3) is 3.82. The molecule has 0 amide bonds. The summed E-state index contributed by atoms with van der Waals surface area (Å²) in [6.45, 7) is 4.92. The molecule has 0 unspecified atom stereocenters. The molecule has 0 atom stereocenters. The number of nitrogens with zero attached hydrogens (tertiary/aromatic N) is 4. The van der Waals surface area contributed by atoms with E-state index in [-0.39, 0.29) is 5.41 Å². The molecule has 1 N–H and O–H groups in total. The van der Waals surface area contributed by atoms with Crippen LogP contribution in [0.15, 0.2) is 42.7 Å². The molecule has 8 heteroatoms. The highest BCUT2D eigenvalue weighted by atomic mass is 19.4. The fourth-order valence-electron chi connectivity index (χ4n) is 4.25. The molecule has 0 spiro atoms. The Morgan fingerprint density at radius 1 is 1.16 bits per heavy atom. The summed E-state index contributed by atoms with van der Waals surface area (Å²) in [5.74, 6) is 0. The van der Waals surface area contributed by atoms with Crippen LogP contribution in [0.25, 0.3) is 22.3 Å². The number of benzene rings is 1. The molecule has 4 aromatic rings. The van der Waals surface area contributed by atoms with E-state index in [1.54, 1.807) is 10.9 Å². The molecule has 3 heterocycles. The molecule has 0 aliphatic heterocycles. The number of nitrogens with one attached hydrogen (secondary N) is 1. The number of rotatable bonds is 3. The van der Waals surface area contributed by atoms with E-state index >= 15 is 0 Å². The lowest BCUT2D eigenvalue weighted by Gasteiger charge is -2.29. The fraction of sp³-hybridized carbons (Fsp3) is 0.348. The summed E-state index contributed by atoms with van der Waals surface area (Å²) >= 11 is 0. The van der Waals surface area contributed by atoms with Gasteiger partial charge in [-0.15, -0.1) is 0 Å². The molecule has 0 bridgehead atoms. The van der Waals surface area contributed by atoms with Crippen molar-refractivity contribution in [3.63, 3.8) is 0 Å². The van der Waals surface area contributed by atoms with E-state index in [4.69, 9.17) is 0 Å².